The third-order valence-electron chi connectivity index (χ3n) is 3.44. The molecule has 9 heteroatoms. The zero-order chi connectivity index (χ0) is 17.8. The molecule has 0 saturated heterocycles. The number of amides is 1. The quantitative estimate of drug-likeness (QED) is 0.502. The molecule has 0 aliphatic heterocycles. The molecule has 1 N–H and O–H groups in total. The average Bonchev–Trinajstić information content (AvgIpc) is 3.25. The highest BCUT2D eigenvalue weighted by Gasteiger charge is 2.21. The number of hydrogen-bond acceptors (Lipinski definition) is 6. The Morgan fingerprint density at radius 2 is 2.24 bits per heavy atom. The van der Waals surface area contributed by atoms with Crippen LogP contribution < -0.4 is 5.32 Å². The van der Waals surface area contributed by atoms with Gasteiger partial charge < -0.3 is 9.88 Å². The van der Waals surface area contributed by atoms with Crippen molar-refractivity contribution in [2.45, 2.75) is 30.8 Å². The molecule has 6 nitrogen and oxygen atoms in total. The minimum Gasteiger partial charge on any atom is -0.322 e. The summed E-state index contributed by atoms with van der Waals surface area (Å²) in [6, 6.07) is 7.43. The topological polar surface area (TPSA) is 72.7 Å². The molecular formula is C16H16ClN5OS2. The van der Waals surface area contributed by atoms with Crippen LogP contribution in [0.1, 0.15) is 13.8 Å². The van der Waals surface area contributed by atoms with Crippen molar-refractivity contribution in [3.63, 3.8) is 0 Å². The van der Waals surface area contributed by atoms with E-state index in [2.05, 4.69) is 20.5 Å². The van der Waals surface area contributed by atoms with Gasteiger partial charge in [0.1, 0.15) is 0 Å². The summed E-state index contributed by atoms with van der Waals surface area (Å²) in [4.78, 5) is 17.4. The lowest BCUT2D eigenvalue weighted by Crippen LogP contribution is -2.23. The molecule has 0 unspecified atom stereocenters. The van der Waals surface area contributed by atoms with Gasteiger partial charge in [-0.3, -0.25) is 4.79 Å². The fourth-order valence-electron chi connectivity index (χ4n) is 2.17. The Bertz CT molecular complexity index is 865. The van der Waals surface area contributed by atoms with E-state index in [1.807, 2.05) is 35.9 Å². The van der Waals surface area contributed by atoms with Crippen molar-refractivity contribution >= 4 is 46.3 Å². The van der Waals surface area contributed by atoms with Crippen molar-refractivity contribution in [3.8, 4) is 10.7 Å². The molecule has 3 heterocycles. The maximum Gasteiger partial charge on any atom is 0.237 e. The number of thioether (sulfide) groups is 1. The van der Waals surface area contributed by atoms with Crippen molar-refractivity contribution in [3.05, 3.63) is 41.0 Å². The van der Waals surface area contributed by atoms with E-state index in [-0.39, 0.29) is 16.3 Å². The van der Waals surface area contributed by atoms with Gasteiger partial charge in [0.05, 0.1) is 15.8 Å². The van der Waals surface area contributed by atoms with Crippen molar-refractivity contribution in [1.82, 2.24) is 19.7 Å². The molecule has 130 valence electrons. The molecule has 0 spiro atoms. The SMILES string of the molecule is CCn1c(S[C@H](C)C(=O)Nc2cccnc2Cl)nnc1-c1cccs1. The molecule has 25 heavy (non-hydrogen) atoms. The summed E-state index contributed by atoms with van der Waals surface area (Å²) in [5.41, 5.74) is 0.498. The van der Waals surface area contributed by atoms with Crippen LogP contribution in [-0.4, -0.2) is 30.9 Å². The number of nitrogens with zero attached hydrogens (tertiary/aromatic N) is 4. The molecule has 0 aliphatic carbocycles. The number of pyridine rings is 1. The van der Waals surface area contributed by atoms with Gasteiger partial charge in [0.2, 0.25) is 5.91 Å². The largest absolute Gasteiger partial charge is 0.322 e. The number of hydrogen-bond donors (Lipinski definition) is 1. The zero-order valence-corrected chi connectivity index (χ0v) is 16.0. The second-order valence-corrected chi connectivity index (χ2v) is 7.73. The highest BCUT2D eigenvalue weighted by molar-refractivity contribution is 8.00. The van der Waals surface area contributed by atoms with Gasteiger partial charge in [0.15, 0.2) is 16.1 Å². The first-order valence-electron chi connectivity index (χ1n) is 7.65. The van der Waals surface area contributed by atoms with Gasteiger partial charge in [-0.25, -0.2) is 4.98 Å². The highest BCUT2D eigenvalue weighted by atomic mass is 35.5. The van der Waals surface area contributed by atoms with Gasteiger partial charge >= 0.3 is 0 Å². The Labute approximate surface area is 158 Å². The number of aromatic nitrogens is 4. The summed E-state index contributed by atoms with van der Waals surface area (Å²) in [6.07, 6.45) is 1.58. The molecule has 1 amide bonds. The minimum absolute atomic E-state index is 0.164. The first kappa shape index (κ1) is 17.9. The number of rotatable bonds is 6. The Morgan fingerprint density at radius 3 is 2.92 bits per heavy atom. The van der Waals surface area contributed by atoms with Crippen molar-refractivity contribution in [1.29, 1.82) is 0 Å². The predicted octanol–water partition coefficient (Wildman–Crippen LogP) is 4.19. The van der Waals surface area contributed by atoms with Gasteiger partial charge in [-0.15, -0.1) is 21.5 Å². The molecule has 0 saturated carbocycles. The fraction of sp³-hybridized carbons (Fsp3) is 0.250. The van der Waals surface area contributed by atoms with Gasteiger partial charge in [-0.2, -0.15) is 0 Å². The van der Waals surface area contributed by atoms with E-state index >= 15 is 0 Å². The van der Waals surface area contributed by atoms with Crippen LogP contribution in [0.25, 0.3) is 10.7 Å². The molecule has 0 aromatic carbocycles. The van der Waals surface area contributed by atoms with E-state index in [0.717, 1.165) is 17.2 Å². The summed E-state index contributed by atoms with van der Waals surface area (Å²) in [5, 5.41) is 14.0. The lowest BCUT2D eigenvalue weighted by atomic mass is 10.4. The van der Waals surface area contributed by atoms with Crippen LogP contribution in [0.3, 0.4) is 0 Å². The highest BCUT2D eigenvalue weighted by Crippen LogP contribution is 2.29. The minimum atomic E-state index is -0.359. The number of halogens is 1. The van der Waals surface area contributed by atoms with Crippen LogP contribution in [0.2, 0.25) is 5.15 Å². The molecule has 1 atom stereocenters. The zero-order valence-electron chi connectivity index (χ0n) is 13.6. The summed E-state index contributed by atoms with van der Waals surface area (Å²) in [7, 11) is 0. The van der Waals surface area contributed by atoms with Gasteiger partial charge in [-0.05, 0) is 37.4 Å². The third-order valence-corrected chi connectivity index (χ3v) is 5.69. The Kier molecular flexibility index (Phi) is 5.72. The van der Waals surface area contributed by atoms with E-state index < -0.39 is 0 Å². The van der Waals surface area contributed by atoms with Crippen LogP contribution in [0.15, 0.2) is 41.0 Å². The molecule has 0 bridgehead atoms. The second kappa shape index (κ2) is 7.99. The van der Waals surface area contributed by atoms with Crippen LogP contribution in [-0.2, 0) is 11.3 Å². The van der Waals surface area contributed by atoms with E-state index in [9.17, 15) is 4.79 Å². The van der Waals surface area contributed by atoms with Crippen molar-refractivity contribution in [2.75, 3.05) is 5.32 Å². The Morgan fingerprint density at radius 1 is 1.40 bits per heavy atom. The standard InChI is InChI=1S/C16H16ClN5OS2/c1-3-22-14(12-7-5-9-24-12)20-21-16(22)25-10(2)15(23)19-11-6-4-8-18-13(11)17/h4-10H,3H2,1-2H3,(H,19,23)/t10-/m1/s1. The molecule has 0 radical (unpaired) electrons. The summed E-state index contributed by atoms with van der Waals surface area (Å²) < 4.78 is 2.01. The molecular weight excluding hydrogens is 378 g/mol. The number of anilines is 1. The number of carbonyl (C=O) groups excluding carboxylic acids is 1. The molecule has 0 fully saturated rings. The maximum absolute atomic E-state index is 12.4. The summed E-state index contributed by atoms with van der Waals surface area (Å²) >= 11 is 8.96. The normalized spacial score (nSPS) is 12.1. The van der Waals surface area contributed by atoms with Crippen molar-refractivity contribution in [2.24, 2.45) is 0 Å². The predicted molar refractivity (Wildman–Crippen MR) is 102 cm³/mol. The molecule has 3 rings (SSSR count). The molecule has 3 aromatic heterocycles. The van der Waals surface area contributed by atoms with Crippen molar-refractivity contribution < 1.29 is 4.79 Å². The second-order valence-electron chi connectivity index (χ2n) is 5.12. The number of thiophene rings is 1. The summed E-state index contributed by atoms with van der Waals surface area (Å²) in [6.45, 7) is 4.58. The van der Waals surface area contributed by atoms with Crippen LogP contribution in [0.4, 0.5) is 5.69 Å². The Balaban J connectivity index is 1.74. The Hall–Kier alpha value is -1.90. The van der Waals surface area contributed by atoms with Gasteiger partial charge in [0.25, 0.3) is 0 Å². The number of carbonyl (C=O) groups is 1. The van der Waals surface area contributed by atoms with Gasteiger partial charge in [0, 0.05) is 12.7 Å². The summed E-state index contributed by atoms with van der Waals surface area (Å²) in [5.74, 6) is 0.658. The fourth-order valence-corrected chi connectivity index (χ4v) is 3.97. The van der Waals surface area contributed by atoms with E-state index in [1.54, 1.807) is 29.7 Å². The van der Waals surface area contributed by atoms with Crippen LogP contribution in [0, 0.1) is 0 Å². The average molecular weight is 394 g/mol. The molecule has 3 aromatic rings. The smallest absolute Gasteiger partial charge is 0.237 e. The first-order valence-corrected chi connectivity index (χ1v) is 9.79. The van der Waals surface area contributed by atoms with Crippen LogP contribution in [0.5, 0.6) is 0 Å². The van der Waals surface area contributed by atoms with Crippen LogP contribution >= 0.6 is 34.7 Å². The van der Waals surface area contributed by atoms with Gasteiger partial charge in [-0.1, -0.05) is 29.4 Å². The third kappa shape index (κ3) is 4.02. The lowest BCUT2D eigenvalue weighted by molar-refractivity contribution is -0.115. The lowest BCUT2D eigenvalue weighted by Gasteiger charge is -2.13. The number of nitrogens with one attached hydrogen (secondary N) is 1. The maximum atomic E-state index is 12.4. The molecule has 0 aliphatic rings. The van der Waals surface area contributed by atoms with E-state index in [4.69, 9.17) is 11.6 Å². The monoisotopic (exact) mass is 393 g/mol. The first-order chi connectivity index (χ1) is 12.1. The van der Waals surface area contributed by atoms with E-state index in [1.165, 1.54) is 11.8 Å². The van der Waals surface area contributed by atoms with E-state index in [0.29, 0.717) is 10.8 Å².